The van der Waals surface area contributed by atoms with Crippen LogP contribution in [0.1, 0.15) is 36.4 Å². The monoisotopic (exact) mass is 291 g/mol. The van der Waals surface area contributed by atoms with Crippen molar-refractivity contribution in [2.45, 2.75) is 38.3 Å². The van der Waals surface area contributed by atoms with Crippen molar-refractivity contribution in [1.82, 2.24) is 0 Å². The van der Waals surface area contributed by atoms with E-state index in [9.17, 15) is 5.11 Å². The van der Waals surface area contributed by atoms with Crippen LogP contribution < -0.4 is 5.73 Å². The Balaban J connectivity index is 0.00000147. The molecule has 0 unspecified atom stereocenters. The molecule has 108 valence electrons. The number of aryl methyl sites for hydroxylation is 1. The summed E-state index contributed by atoms with van der Waals surface area (Å²) in [5.41, 5.74) is 8.64. The Kier molecular flexibility index (Phi) is 4.69. The van der Waals surface area contributed by atoms with Gasteiger partial charge in [0.2, 0.25) is 0 Å². The standard InChI is InChI=1S/C17H21NO.ClH/c1-11-9-10-15(14-8-3-2-7-13(11)14)16(18)17(19)12-5-4-6-12;/h2-3,7-10,12,16-17,19H,4-6,18H2,1H3;1H/t16-,17+;/m1./s1. The van der Waals surface area contributed by atoms with Crippen molar-refractivity contribution in [2.24, 2.45) is 11.7 Å². The van der Waals surface area contributed by atoms with Crippen LogP contribution in [0.5, 0.6) is 0 Å². The minimum absolute atomic E-state index is 0. The van der Waals surface area contributed by atoms with E-state index in [2.05, 4.69) is 31.2 Å². The molecule has 2 nitrogen and oxygen atoms in total. The van der Waals surface area contributed by atoms with Crippen LogP contribution in [-0.4, -0.2) is 11.2 Å². The smallest absolute Gasteiger partial charge is 0.0761 e. The van der Waals surface area contributed by atoms with Gasteiger partial charge < -0.3 is 10.8 Å². The highest BCUT2D eigenvalue weighted by Crippen LogP contribution is 2.36. The molecule has 3 rings (SSSR count). The number of rotatable bonds is 3. The molecule has 1 fully saturated rings. The Morgan fingerprint density at radius 1 is 1.10 bits per heavy atom. The third kappa shape index (κ3) is 2.56. The summed E-state index contributed by atoms with van der Waals surface area (Å²) < 4.78 is 0. The van der Waals surface area contributed by atoms with E-state index in [4.69, 9.17) is 5.73 Å². The maximum Gasteiger partial charge on any atom is 0.0761 e. The number of fused-ring (bicyclic) bond motifs is 1. The second-order valence-corrected chi connectivity index (χ2v) is 5.72. The number of benzene rings is 2. The number of hydrogen-bond donors (Lipinski definition) is 2. The van der Waals surface area contributed by atoms with Crippen LogP contribution in [-0.2, 0) is 0 Å². The van der Waals surface area contributed by atoms with Gasteiger partial charge in [-0.3, -0.25) is 0 Å². The fourth-order valence-corrected chi connectivity index (χ4v) is 3.02. The molecule has 0 heterocycles. The minimum atomic E-state index is -0.417. The predicted molar refractivity (Wildman–Crippen MR) is 86.2 cm³/mol. The van der Waals surface area contributed by atoms with Gasteiger partial charge in [-0.05, 0) is 47.6 Å². The molecule has 2 aromatic carbocycles. The van der Waals surface area contributed by atoms with Gasteiger partial charge >= 0.3 is 0 Å². The zero-order valence-corrected chi connectivity index (χ0v) is 12.6. The van der Waals surface area contributed by atoms with E-state index < -0.39 is 6.10 Å². The maximum absolute atomic E-state index is 10.4. The Hall–Kier alpha value is -1.09. The van der Waals surface area contributed by atoms with E-state index in [1.165, 1.54) is 22.8 Å². The van der Waals surface area contributed by atoms with Crippen molar-refractivity contribution in [3.8, 4) is 0 Å². The van der Waals surface area contributed by atoms with E-state index in [0.717, 1.165) is 18.4 Å². The highest BCUT2D eigenvalue weighted by atomic mass is 35.5. The Morgan fingerprint density at radius 3 is 2.35 bits per heavy atom. The molecule has 1 aliphatic carbocycles. The van der Waals surface area contributed by atoms with Crippen LogP contribution in [0.4, 0.5) is 0 Å². The summed E-state index contributed by atoms with van der Waals surface area (Å²) in [4.78, 5) is 0. The van der Waals surface area contributed by atoms with Gasteiger partial charge in [-0.1, -0.05) is 42.8 Å². The van der Waals surface area contributed by atoms with Crippen molar-refractivity contribution in [2.75, 3.05) is 0 Å². The summed E-state index contributed by atoms with van der Waals surface area (Å²) in [6, 6.07) is 12.2. The van der Waals surface area contributed by atoms with Gasteiger partial charge in [-0.15, -0.1) is 12.4 Å². The SMILES string of the molecule is Cc1ccc([C@@H](N)[C@@H](O)C2CCC2)c2ccccc12.Cl. The first-order chi connectivity index (χ1) is 9.18. The van der Waals surface area contributed by atoms with Gasteiger partial charge in [-0.2, -0.15) is 0 Å². The highest BCUT2D eigenvalue weighted by molar-refractivity contribution is 5.89. The van der Waals surface area contributed by atoms with Crippen molar-refractivity contribution >= 4 is 23.2 Å². The van der Waals surface area contributed by atoms with Crippen LogP contribution in [0.25, 0.3) is 10.8 Å². The van der Waals surface area contributed by atoms with E-state index in [1.54, 1.807) is 0 Å². The zero-order chi connectivity index (χ0) is 13.4. The number of hydrogen-bond acceptors (Lipinski definition) is 2. The van der Waals surface area contributed by atoms with Gasteiger partial charge in [0, 0.05) is 0 Å². The molecular formula is C17H22ClNO. The Morgan fingerprint density at radius 2 is 1.75 bits per heavy atom. The Labute approximate surface area is 126 Å². The lowest BCUT2D eigenvalue weighted by Gasteiger charge is -2.34. The van der Waals surface area contributed by atoms with Gasteiger partial charge in [0.1, 0.15) is 0 Å². The number of nitrogens with two attached hydrogens (primary N) is 1. The molecule has 0 amide bonds. The fraction of sp³-hybridized carbons (Fsp3) is 0.412. The molecule has 0 saturated heterocycles. The topological polar surface area (TPSA) is 46.2 Å². The lowest BCUT2D eigenvalue weighted by Crippen LogP contribution is -2.36. The number of aliphatic hydroxyl groups is 1. The molecule has 20 heavy (non-hydrogen) atoms. The molecular weight excluding hydrogens is 270 g/mol. The molecule has 0 radical (unpaired) electrons. The lowest BCUT2D eigenvalue weighted by atomic mass is 9.77. The van der Waals surface area contributed by atoms with E-state index >= 15 is 0 Å². The maximum atomic E-state index is 10.4. The fourth-order valence-electron chi connectivity index (χ4n) is 3.02. The molecule has 0 spiro atoms. The summed E-state index contributed by atoms with van der Waals surface area (Å²) in [5.74, 6) is 0.384. The van der Waals surface area contributed by atoms with Gasteiger partial charge in [0.25, 0.3) is 0 Å². The number of aliphatic hydroxyl groups excluding tert-OH is 1. The summed E-state index contributed by atoms with van der Waals surface area (Å²) in [6.07, 6.45) is 3.03. The summed E-state index contributed by atoms with van der Waals surface area (Å²) >= 11 is 0. The first-order valence-corrected chi connectivity index (χ1v) is 7.10. The molecule has 3 N–H and O–H groups in total. The van der Waals surface area contributed by atoms with Crippen LogP contribution in [0.15, 0.2) is 36.4 Å². The van der Waals surface area contributed by atoms with Crippen molar-refractivity contribution in [3.05, 3.63) is 47.5 Å². The molecule has 2 aromatic rings. The summed E-state index contributed by atoms with van der Waals surface area (Å²) in [6.45, 7) is 2.11. The molecule has 0 bridgehead atoms. The molecule has 0 aromatic heterocycles. The van der Waals surface area contributed by atoms with E-state index in [0.29, 0.717) is 5.92 Å². The third-order valence-electron chi connectivity index (χ3n) is 4.54. The van der Waals surface area contributed by atoms with Crippen LogP contribution in [0.2, 0.25) is 0 Å². The normalized spacial score (nSPS) is 18.1. The molecule has 0 aliphatic heterocycles. The van der Waals surface area contributed by atoms with E-state index in [1.807, 2.05) is 12.1 Å². The number of halogens is 1. The second-order valence-electron chi connectivity index (χ2n) is 5.72. The van der Waals surface area contributed by atoms with Crippen molar-refractivity contribution in [3.63, 3.8) is 0 Å². The van der Waals surface area contributed by atoms with Crippen molar-refractivity contribution in [1.29, 1.82) is 0 Å². The average molecular weight is 292 g/mol. The summed E-state index contributed by atoms with van der Waals surface area (Å²) in [5, 5.41) is 12.8. The lowest BCUT2D eigenvalue weighted by molar-refractivity contribution is 0.0417. The minimum Gasteiger partial charge on any atom is -0.391 e. The molecule has 1 saturated carbocycles. The Bertz CT molecular complexity index is 595. The first-order valence-electron chi connectivity index (χ1n) is 7.10. The molecule has 3 heteroatoms. The van der Waals surface area contributed by atoms with Gasteiger partial charge in [0.05, 0.1) is 12.1 Å². The average Bonchev–Trinajstić information content (AvgIpc) is 2.37. The second kappa shape index (κ2) is 6.13. The summed E-state index contributed by atoms with van der Waals surface area (Å²) in [7, 11) is 0. The zero-order valence-electron chi connectivity index (χ0n) is 11.8. The molecule has 1 aliphatic rings. The van der Waals surface area contributed by atoms with Crippen LogP contribution in [0, 0.1) is 12.8 Å². The van der Waals surface area contributed by atoms with Crippen LogP contribution >= 0.6 is 12.4 Å². The predicted octanol–water partition coefficient (Wildman–Crippen LogP) is 3.73. The van der Waals surface area contributed by atoms with Crippen LogP contribution in [0.3, 0.4) is 0 Å². The largest absolute Gasteiger partial charge is 0.391 e. The third-order valence-corrected chi connectivity index (χ3v) is 4.54. The first kappa shape index (κ1) is 15.3. The van der Waals surface area contributed by atoms with Gasteiger partial charge in [-0.25, -0.2) is 0 Å². The van der Waals surface area contributed by atoms with E-state index in [-0.39, 0.29) is 18.4 Å². The highest BCUT2D eigenvalue weighted by Gasteiger charge is 2.31. The molecule has 2 atom stereocenters. The quantitative estimate of drug-likeness (QED) is 0.905. The van der Waals surface area contributed by atoms with Crippen molar-refractivity contribution < 1.29 is 5.11 Å². The van der Waals surface area contributed by atoms with Gasteiger partial charge in [0.15, 0.2) is 0 Å².